The first kappa shape index (κ1) is 22.9. The fraction of sp³-hybridized carbons (Fsp3) is 0. The van der Waals surface area contributed by atoms with Crippen molar-refractivity contribution in [2.45, 2.75) is 0 Å². The average molecular weight is 514 g/mol. The highest BCUT2D eigenvalue weighted by Crippen LogP contribution is 2.45. The van der Waals surface area contributed by atoms with Crippen LogP contribution in [0.3, 0.4) is 0 Å². The topological polar surface area (TPSA) is 6.48 Å². The highest BCUT2D eigenvalue weighted by Gasteiger charge is 2.43. The lowest BCUT2D eigenvalue weighted by Crippen LogP contribution is -2.61. The van der Waals surface area contributed by atoms with Crippen LogP contribution in [0.2, 0.25) is 0 Å². The normalized spacial score (nSPS) is 13.0. The van der Waals surface area contributed by atoms with Crippen LogP contribution in [0, 0.1) is 5.82 Å². The molecule has 2 aliphatic rings. The van der Waals surface area contributed by atoms with E-state index in [1.807, 2.05) is 12.1 Å². The summed E-state index contributed by atoms with van der Waals surface area (Å²) in [6.07, 6.45) is 0. The number of nitrogens with zero attached hydrogens (tertiary/aromatic N) is 2. The number of fused-ring (bicyclic) bond motifs is 4. The van der Waals surface area contributed by atoms with Crippen molar-refractivity contribution < 1.29 is 4.39 Å². The number of hydrogen-bond acceptors (Lipinski definition) is 2. The molecule has 2 aliphatic heterocycles. The molecule has 0 bridgehead atoms. The van der Waals surface area contributed by atoms with Gasteiger partial charge in [-0.2, -0.15) is 0 Å². The number of hydrogen-bond donors (Lipinski definition) is 0. The molecule has 0 fully saturated rings. The summed E-state index contributed by atoms with van der Waals surface area (Å²) in [6, 6.07) is 50.0. The molecule has 0 amide bonds. The molecule has 0 atom stereocenters. The van der Waals surface area contributed by atoms with Crippen LogP contribution in [-0.2, 0) is 0 Å². The summed E-state index contributed by atoms with van der Waals surface area (Å²) in [4.78, 5) is 4.77. The minimum absolute atomic E-state index is 0.0830. The maximum absolute atomic E-state index is 14.0. The Kier molecular flexibility index (Phi) is 5.14. The molecule has 0 saturated heterocycles. The second-order valence-corrected chi connectivity index (χ2v) is 10.3. The molecule has 0 N–H and O–H groups in total. The van der Waals surface area contributed by atoms with Crippen molar-refractivity contribution in [3.05, 3.63) is 151 Å². The molecule has 2 nitrogen and oxygen atoms in total. The van der Waals surface area contributed by atoms with E-state index in [0.29, 0.717) is 0 Å². The van der Waals surface area contributed by atoms with E-state index in [-0.39, 0.29) is 12.5 Å². The molecule has 2 heterocycles. The second-order valence-electron chi connectivity index (χ2n) is 10.3. The van der Waals surface area contributed by atoms with E-state index >= 15 is 0 Å². The van der Waals surface area contributed by atoms with E-state index in [1.54, 1.807) is 0 Å². The zero-order valence-electron chi connectivity index (χ0n) is 21.7. The molecular weight excluding hydrogens is 490 g/mol. The minimum Gasteiger partial charge on any atom is -0.311 e. The van der Waals surface area contributed by atoms with Crippen molar-refractivity contribution in [1.82, 2.24) is 0 Å². The lowest BCUT2D eigenvalue weighted by atomic mass is 9.33. The van der Waals surface area contributed by atoms with Crippen molar-refractivity contribution in [2.75, 3.05) is 9.80 Å². The largest absolute Gasteiger partial charge is 0.311 e. The second kappa shape index (κ2) is 8.99. The first-order valence-electron chi connectivity index (χ1n) is 13.6. The van der Waals surface area contributed by atoms with Crippen LogP contribution in [0.1, 0.15) is 0 Å². The molecular formula is C36H24BFN2. The van der Waals surface area contributed by atoms with Gasteiger partial charge in [-0.05, 0) is 88.2 Å². The Morgan fingerprint density at radius 1 is 0.425 bits per heavy atom. The van der Waals surface area contributed by atoms with Gasteiger partial charge in [-0.15, -0.1) is 0 Å². The quantitative estimate of drug-likeness (QED) is 0.224. The Labute approximate surface area is 233 Å². The van der Waals surface area contributed by atoms with Crippen LogP contribution in [0.4, 0.5) is 38.5 Å². The van der Waals surface area contributed by atoms with Crippen LogP contribution in [0.5, 0.6) is 0 Å². The molecule has 0 unspecified atom stereocenters. The van der Waals surface area contributed by atoms with Crippen LogP contribution >= 0.6 is 0 Å². The van der Waals surface area contributed by atoms with Crippen molar-refractivity contribution in [3.63, 3.8) is 0 Å². The molecule has 4 heteroatoms. The van der Waals surface area contributed by atoms with Gasteiger partial charge in [0.05, 0.1) is 0 Å². The van der Waals surface area contributed by atoms with Gasteiger partial charge >= 0.3 is 0 Å². The van der Waals surface area contributed by atoms with Crippen LogP contribution in [-0.4, -0.2) is 6.71 Å². The Bertz CT molecular complexity index is 1760. The van der Waals surface area contributed by atoms with Crippen molar-refractivity contribution in [1.29, 1.82) is 0 Å². The van der Waals surface area contributed by atoms with Gasteiger partial charge in [-0.1, -0.05) is 84.9 Å². The summed E-state index contributed by atoms with van der Waals surface area (Å²) in [5.74, 6) is -0.234. The minimum atomic E-state index is -0.234. The van der Waals surface area contributed by atoms with Gasteiger partial charge < -0.3 is 9.80 Å². The van der Waals surface area contributed by atoms with Crippen molar-refractivity contribution in [3.8, 4) is 11.1 Å². The number of para-hydroxylation sites is 4. The third-order valence-electron chi connectivity index (χ3n) is 8.09. The van der Waals surface area contributed by atoms with E-state index in [0.717, 1.165) is 33.9 Å². The predicted molar refractivity (Wildman–Crippen MR) is 166 cm³/mol. The summed E-state index contributed by atoms with van der Waals surface area (Å²) in [7, 11) is 0. The number of anilines is 6. The van der Waals surface area contributed by atoms with E-state index < -0.39 is 0 Å². The summed E-state index contributed by atoms with van der Waals surface area (Å²) >= 11 is 0. The lowest BCUT2D eigenvalue weighted by Gasteiger charge is -2.44. The molecule has 0 spiro atoms. The smallest absolute Gasteiger partial charge is 0.252 e. The highest BCUT2D eigenvalue weighted by atomic mass is 19.1. The molecule has 6 aromatic carbocycles. The van der Waals surface area contributed by atoms with Gasteiger partial charge in [0.1, 0.15) is 5.82 Å². The highest BCUT2D eigenvalue weighted by molar-refractivity contribution is 7.00. The fourth-order valence-electron chi connectivity index (χ4n) is 6.42. The number of halogens is 1. The van der Waals surface area contributed by atoms with E-state index in [1.165, 1.54) is 39.9 Å². The van der Waals surface area contributed by atoms with Crippen molar-refractivity contribution >= 4 is 57.2 Å². The first-order valence-corrected chi connectivity index (χ1v) is 13.6. The van der Waals surface area contributed by atoms with Gasteiger partial charge in [0.15, 0.2) is 0 Å². The van der Waals surface area contributed by atoms with Crippen LogP contribution in [0.15, 0.2) is 146 Å². The van der Waals surface area contributed by atoms with Gasteiger partial charge in [-0.25, -0.2) is 4.39 Å². The van der Waals surface area contributed by atoms with Crippen LogP contribution in [0.25, 0.3) is 11.1 Å². The van der Waals surface area contributed by atoms with Crippen LogP contribution < -0.4 is 26.2 Å². The summed E-state index contributed by atoms with van der Waals surface area (Å²) in [5.41, 5.74) is 12.7. The molecule has 0 saturated carbocycles. The summed E-state index contributed by atoms with van der Waals surface area (Å²) < 4.78 is 14.0. The predicted octanol–water partition coefficient (Wildman–Crippen LogP) is 7.58. The molecule has 40 heavy (non-hydrogen) atoms. The van der Waals surface area contributed by atoms with Gasteiger partial charge in [0.2, 0.25) is 0 Å². The van der Waals surface area contributed by atoms with Crippen molar-refractivity contribution in [2.24, 2.45) is 0 Å². The number of rotatable bonds is 3. The average Bonchev–Trinajstić information content (AvgIpc) is 3.02. The molecule has 0 aliphatic carbocycles. The fourth-order valence-corrected chi connectivity index (χ4v) is 6.42. The standard InChI is InChI=1S/C36H24BFN2/c38-27-21-19-25(20-22-27)26-23-34-36-35(24-26)40(29-13-5-2-6-14-29)33-18-10-8-16-31(33)37(36)30-15-7-9-17-32(30)39(34)28-11-3-1-4-12-28/h1-24H. The first-order chi connectivity index (χ1) is 19.8. The zero-order valence-corrected chi connectivity index (χ0v) is 21.7. The lowest BCUT2D eigenvalue weighted by molar-refractivity contribution is 0.628. The van der Waals surface area contributed by atoms with Gasteiger partial charge in [-0.3, -0.25) is 0 Å². The number of benzene rings is 6. The SMILES string of the molecule is Fc1ccc(-c2cc3c4c(c2)N(c2ccccc2)c2ccccc2B4c2ccccc2N3c2ccccc2)cc1. The van der Waals surface area contributed by atoms with E-state index in [4.69, 9.17) is 0 Å². The summed E-state index contributed by atoms with van der Waals surface area (Å²) in [5, 5.41) is 0. The van der Waals surface area contributed by atoms with Gasteiger partial charge in [0.25, 0.3) is 6.71 Å². The maximum Gasteiger partial charge on any atom is 0.252 e. The Balaban J connectivity index is 1.50. The molecule has 0 radical (unpaired) electrons. The van der Waals surface area contributed by atoms with E-state index in [9.17, 15) is 4.39 Å². The van der Waals surface area contributed by atoms with Gasteiger partial charge in [0, 0.05) is 34.1 Å². The third kappa shape index (κ3) is 3.43. The Morgan fingerprint density at radius 2 is 0.875 bits per heavy atom. The Hall–Kier alpha value is -5.09. The molecule has 0 aromatic heterocycles. The third-order valence-corrected chi connectivity index (χ3v) is 8.09. The zero-order chi connectivity index (χ0) is 26.6. The molecule has 188 valence electrons. The maximum atomic E-state index is 14.0. The summed E-state index contributed by atoms with van der Waals surface area (Å²) in [6.45, 7) is 0.0830. The van der Waals surface area contributed by atoms with E-state index in [2.05, 4.69) is 131 Å². The monoisotopic (exact) mass is 514 g/mol. The Morgan fingerprint density at radius 3 is 1.38 bits per heavy atom. The molecule has 6 aromatic rings. The molecule has 8 rings (SSSR count).